The molecule has 3 aromatic carbocycles. The number of hydrogen-bond donors (Lipinski definition) is 2. The number of imidazole rings is 1. The molecule has 0 atom stereocenters. The minimum Gasteiger partial charge on any atom is -0.497 e. The fourth-order valence-corrected chi connectivity index (χ4v) is 5.72. The number of rotatable bonds is 8. The number of aromatic nitrogens is 5. The van der Waals surface area contributed by atoms with Crippen LogP contribution in [0.1, 0.15) is 37.7 Å². The van der Waals surface area contributed by atoms with Crippen molar-refractivity contribution in [1.29, 1.82) is 0 Å². The Kier molecular flexibility index (Phi) is 6.72. The van der Waals surface area contributed by atoms with Gasteiger partial charge in [-0.05, 0) is 66.9 Å². The highest BCUT2D eigenvalue weighted by Crippen LogP contribution is 2.35. The number of fused-ring (bicyclic) bond motifs is 2. The molecule has 0 amide bonds. The largest absolute Gasteiger partial charge is 0.497 e. The Morgan fingerprint density at radius 1 is 0.902 bits per heavy atom. The van der Waals surface area contributed by atoms with Crippen molar-refractivity contribution in [2.24, 2.45) is 0 Å². The monoisotopic (exact) mass is 544 g/mol. The normalized spacial score (nSPS) is 14.0. The van der Waals surface area contributed by atoms with Gasteiger partial charge in [0.2, 0.25) is 0 Å². The molecule has 1 aliphatic rings. The van der Waals surface area contributed by atoms with Crippen molar-refractivity contribution in [3.63, 3.8) is 0 Å². The number of nitrogens with zero attached hydrogens (tertiary/aromatic N) is 4. The van der Waals surface area contributed by atoms with E-state index in [4.69, 9.17) is 14.5 Å². The van der Waals surface area contributed by atoms with E-state index in [0.717, 1.165) is 63.7 Å². The van der Waals surface area contributed by atoms with Crippen molar-refractivity contribution in [2.75, 3.05) is 12.4 Å². The van der Waals surface area contributed by atoms with E-state index in [0.29, 0.717) is 18.2 Å². The number of methoxy groups -OCH3 is 1. The lowest BCUT2D eigenvalue weighted by molar-refractivity contribution is 0.414. The van der Waals surface area contributed by atoms with Crippen molar-refractivity contribution in [2.45, 2.75) is 44.7 Å². The quantitative estimate of drug-likeness (QED) is 0.205. The summed E-state index contributed by atoms with van der Waals surface area (Å²) in [5.74, 6) is 4.02. The third-order valence-electron chi connectivity index (χ3n) is 7.86. The highest BCUT2D eigenvalue weighted by Gasteiger charge is 2.19. The summed E-state index contributed by atoms with van der Waals surface area (Å²) >= 11 is 0. The van der Waals surface area contributed by atoms with Crippen molar-refractivity contribution in [3.05, 3.63) is 90.6 Å². The Balaban J connectivity index is 1.17. The lowest BCUT2D eigenvalue weighted by Crippen LogP contribution is -2.22. The summed E-state index contributed by atoms with van der Waals surface area (Å²) < 4.78 is 14.0. The zero-order chi connectivity index (χ0) is 27.6. The molecule has 0 aliphatic heterocycles. The molecule has 41 heavy (non-hydrogen) atoms. The van der Waals surface area contributed by atoms with Gasteiger partial charge in [-0.1, -0.05) is 43.5 Å². The van der Waals surface area contributed by atoms with E-state index in [-0.39, 0.29) is 0 Å². The molecule has 0 unspecified atom stereocenters. The first kappa shape index (κ1) is 25.1. The van der Waals surface area contributed by atoms with Crippen molar-refractivity contribution >= 4 is 27.9 Å². The lowest BCUT2D eigenvalue weighted by atomic mass is 9.95. The summed E-state index contributed by atoms with van der Waals surface area (Å²) in [6, 6.07) is 26.9. The Morgan fingerprint density at radius 3 is 2.49 bits per heavy atom. The van der Waals surface area contributed by atoms with E-state index in [9.17, 15) is 0 Å². The molecular weight excluding hydrogens is 512 g/mol. The van der Waals surface area contributed by atoms with Crippen molar-refractivity contribution in [1.82, 2.24) is 24.7 Å². The van der Waals surface area contributed by atoms with Crippen LogP contribution in [0.15, 0.2) is 85.1 Å². The highest BCUT2D eigenvalue weighted by atomic mass is 16.5. The molecule has 1 fully saturated rings. The minimum absolute atomic E-state index is 0.430. The molecule has 3 aromatic heterocycles. The molecule has 1 aliphatic carbocycles. The molecule has 8 nitrogen and oxygen atoms in total. The first-order chi connectivity index (χ1) is 20.2. The van der Waals surface area contributed by atoms with Crippen LogP contribution in [0.3, 0.4) is 0 Å². The zero-order valence-corrected chi connectivity index (χ0v) is 23.0. The molecule has 3 heterocycles. The summed E-state index contributed by atoms with van der Waals surface area (Å²) in [4.78, 5) is 9.47. The molecule has 206 valence electrons. The Hall–Kier alpha value is -4.85. The summed E-state index contributed by atoms with van der Waals surface area (Å²) in [7, 11) is 1.68. The fourth-order valence-electron chi connectivity index (χ4n) is 5.72. The van der Waals surface area contributed by atoms with Crippen LogP contribution in [0, 0.1) is 0 Å². The predicted octanol–water partition coefficient (Wildman–Crippen LogP) is 7.57. The summed E-state index contributed by atoms with van der Waals surface area (Å²) in [5.41, 5.74) is 4.97. The van der Waals surface area contributed by atoms with Crippen molar-refractivity contribution < 1.29 is 9.47 Å². The third kappa shape index (κ3) is 5.09. The van der Waals surface area contributed by atoms with Crippen LogP contribution in [-0.4, -0.2) is 37.9 Å². The molecule has 2 N–H and O–H groups in total. The second kappa shape index (κ2) is 11.0. The van der Waals surface area contributed by atoms with Crippen LogP contribution >= 0.6 is 0 Å². The average Bonchev–Trinajstić information content (AvgIpc) is 3.60. The van der Waals surface area contributed by atoms with Crippen LogP contribution < -0.4 is 14.8 Å². The second-order valence-corrected chi connectivity index (χ2v) is 10.6. The lowest BCUT2D eigenvalue weighted by Gasteiger charge is -2.22. The molecular formula is C33H32N6O2. The SMILES string of the molecule is COc1ccc(Cn2c(-c3ccc(Oc4ccnc5[nH]nc(NC6CCCCC6)c45)cc3)nc3ccccc32)cc1. The minimum atomic E-state index is 0.430. The van der Waals surface area contributed by atoms with E-state index < -0.39 is 0 Å². The van der Waals surface area contributed by atoms with Crippen LogP contribution in [0.5, 0.6) is 17.2 Å². The number of hydrogen-bond acceptors (Lipinski definition) is 6. The Labute approximate surface area is 238 Å². The topological polar surface area (TPSA) is 89.9 Å². The second-order valence-electron chi connectivity index (χ2n) is 10.6. The number of pyridine rings is 1. The van der Waals surface area contributed by atoms with Crippen LogP contribution in [0.25, 0.3) is 33.5 Å². The maximum absolute atomic E-state index is 6.40. The van der Waals surface area contributed by atoms with E-state index >= 15 is 0 Å². The molecule has 6 aromatic rings. The molecule has 0 saturated heterocycles. The maximum atomic E-state index is 6.40. The van der Waals surface area contributed by atoms with Gasteiger partial charge in [0.15, 0.2) is 11.5 Å². The number of para-hydroxylation sites is 2. The van der Waals surface area contributed by atoms with Crippen molar-refractivity contribution in [3.8, 4) is 28.6 Å². The van der Waals surface area contributed by atoms with Crippen LogP contribution in [0.2, 0.25) is 0 Å². The van der Waals surface area contributed by atoms with Gasteiger partial charge in [0.1, 0.15) is 28.5 Å². The molecule has 0 bridgehead atoms. The number of anilines is 1. The standard InChI is InChI=1S/C33H32N6O2/c1-40-25-15-11-22(12-16-25)21-39-28-10-6-5-9-27(28)36-33(39)23-13-17-26(18-14-23)41-29-19-20-34-31-30(29)32(38-37-31)35-24-7-3-2-4-8-24/h5-6,9-20,24H,2-4,7-8,21H2,1H3,(H2,34,35,37,38). The Bertz CT molecular complexity index is 1780. The average molecular weight is 545 g/mol. The van der Waals surface area contributed by atoms with E-state index in [1.807, 2.05) is 36.4 Å². The maximum Gasteiger partial charge on any atom is 0.161 e. The third-order valence-corrected chi connectivity index (χ3v) is 7.86. The number of benzene rings is 3. The number of nitrogens with one attached hydrogen (secondary N) is 2. The van der Waals surface area contributed by atoms with E-state index in [2.05, 4.69) is 67.5 Å². The molecule has 0 radical (unpaired) electrons. The van der Waals surface area contributed by atoms with Gasteiger partial charge in [-0.2, -0.15) is 5.10 Å². The molecule has 0 spiro atoms. The van der Waals surface area contributed by atoms with E-state index in [1.165, 1.54) is 24.8 Å². The highest BCUT2D eigenvalue weighted by molar-refractivity contribution is 5.93. The zero-order valence-electron chi connectivity index (χ0n) is 23.0. The van der Waals surface area contributed by atoms with Gasteiger partial charge >= 0.3 is 0 Å². The van der Waals surface area contributed by atoms with Gasteiger partial charge in [-0.15, -0.1) is 0 Å². The number of H-pyrrole nitrogens is 1. The summed E-state index contributed by atoms with van der Waals surface area (Å²) in [6.45, 7) is 0.699. The van der Waals surface area contributed by atoms with Gasteiger partial charge in [0.25, 0.3) is 0 Å². The first-order valence-electron chi connectivity index (χ1n) is 14.2. The predicted molar refractivity (Wildman–Crippen MR) is 162 cm³/mol. The van der Waals surface area contributed by atoms with Crippen LogP contribution in [0.4, 0.5) is 5.82 Å². The molecule has 8 heteroatoms. The van der Waals surface area contributed by atoms with Gasteiger partial charge in [-0.3, -0.25) is 5.10 Å². The Morgan fingerprint density at radius 2 is 1.68 bits per heavy atom. The molecule has 1 saturated carbocycles. The van der Waals surface area contributed by atoms with Gasteiger partial charge < -0.3 is 19.4 Å². The number of aromatic amines is 1. The number of ether oxygens (including phenoxy) is 2. The summed E-state index contributed by atoms with van der Waals surface area (Å²) in [5, 5.41) is 12.1. The summed E-state index contributed by atoms with van der Waals surface area (Å²) in [6.07, 6.45) is 7.88. The fraction of sp³-hybridized carbons (Fsp3) is 0.242. The van der Waals surface area contributed by atoms with Crippen LogP contribution in [-0.2, 0) is 6.54 Å². The van der Waals surface area contributed by atoms with Gasteiger partial charge in [0.05, 0.1) is 18.1 Å². The van der Waals surface area contributed by atoms with Gasteiger partial charge in [0, 0.05) is 30.4 Å². The first-order valence-corrected chi connectivity index (χ1v) is 14.2. The van der Waals surface area contributed by atoms with Gasteiger partial charge in [-0.25, -0.2) is 9.97 Å². The smallest absolute Gasteiger partial charge is 0.161 e. The van der Waals surface area contributed by atoms with E-state index in [1.54, 1.807) is 13.3 Å². The molecule has 7 rings (SSSR count).